The van der Waals surface area contributed by atoms with Crippen molar-refractivity contribution in [2.45, 2.75) is 37.5 Å². The Kier molecular flexibility index (Phi) is 5.96. The summed E-state index contributed by atoms with van der Waals surface area (Å²) in [6.45, 7) is 5.12. The van der Waals surface area contributed by atoms with Gasteiger partial charge in [0.25, 0.3) is 0 Å². The number of carboxylic acids is 1. The zero-order chi connectivity index (χ0) is 22.3. The normalized spacial score (nSPS) is 28.8. The van der Waals surface area contributed by atoms with E-state index in [1.807, 2.05) is 24.3 Å². The quantitative estimate of drug-likeness (QED) is 0.702. The molecule has 1 aromatic carbocycles. The van der Waals surface area contributed by atoms with Crippen molar-refractivity contribution in [3.63, 3.8) is 0 Å². The number of fused-ring (bicyclic) bond motifs is 2. The number of sulfonamides is 1. The van der Waals surface area contributed by atoms with Crippen LogP contribution in [0.1, 0.15) is 38.2 Å². The maximum Gasteiger partial charge on any atom is 0.307 e. The molecule has 0 spiro atoms. The molecule has 1 amide bonds. The van der Waals surface area contributed by atoms with Crippen LogP contribution in [0.5, 0.6) is 0 Å². The highest BCUT2D eigenvalue weighted by atomic mass is 32.2. The van der Waals surface area contributed by atoms with Crippen molar-refractivity contribution >= 4 is 21.9 Å². The van der Waals surface area contributed by atoms with Gasteiger partial charge in [0.2, 0.25) is 15.9 Å². The van der Waals surface area contributed by atoms with E-state index >= 15 is 0 Å². The second kappa shape index (κ2) is 8.39. The molecule has 7 nitrogen and oxygen atoms in total. The second-order valence-electron chi connectivity index (χ2n) is 9.13. The monoisotopic (exact) mass is 446 g/mol. The first-order valence-electron chi connectivity index (χ1n) is 11.0. The van der Waals surface area contributed by atoms with Gasteiger partial charge in [0.15, 0.2) is 0 Å². The molecule has 5 rings (SSSR count). The van der Waals surface area contributed by atoms with Crippen LogP contribution in [0.4, 0.5) is 0 Å². The Labute approximate surface area is 183 Å². The zero-order valence-electron chi connectivity index (χ0n) is 18.0. The van der Waals surface area contributed by atoms with Gasteiger partial charge in [-0.2, -0.15) is 4.31 Å². The van der Waals surface area contributed by atoms with Crippen molar-refractivity contribution in [2.75, 3.05) is 26.2 Å². The van der Waals surface area contributed by atoms with Gasteiger partial charge >= 0.3 is 5.97 Å². The Morgan fingerprint density at radius 3 is 1.97 bits per heavy atom. The molecule has 31 heavy (non-hydrogen) atoms. The lowest BCUT2D eigenvalue weighted by molar-refractivity contribution is -0.157. The third kappa shape index (κ3) is 4.03. The fourth-order valence-corrected chi connectivity index (χ4v) is 6.62. The summed E-state index contributed by atoms with van der Waals surface area (Å²) in [6.07, 6.45) is 5.59. The summed E-state index contributed by atoms with van der Waals surface area (Å²) in [5.41, 5.74) is 1.08. The number of benzene rings is 1. The van der Waals surface area contributed by atoms with Crippen LogP contribution < -0.4 is 0 Å². The third-order valence-electron chi connectivity index (χ3n) is 7.05. The molecule has 3 aliphatic carbocycles. The molecule has 2 fully saturated rings. The lowest BCUT2D eigenvalue weighted by Gasteiger charge is -2.45. The third-order valence-corrected chi connectivity index (χ3v) is 8.97. The molecular formula is C23H30N2O5S. The van der Waals surface area contributed by atoms with Gasteiger partial charge in [-0.15, -0.1) is 0 Å². The number of aliphatic carboxylic acids is 1. The molecule has 4 atom stereocenters. The van der Waals surface area contributed by atoms with Crippen LogP contribution in [-0.2, 0) is 19.6 Å². The number of hydrogen-bond donors (Lipinski definition) is 1. The van der Waals surface area contributed by atoms with Crippen LogP contribution >= 0.6 is 0 Å². The Hall–Kier alpha value is -2.19. The molecule has 1 saturated carbocycles. The number of piperazine rings is 1. The minimum absolute atomic E-state index is 0.0418. The number of carbonyl (C=O) groups excluding carboxylic acids is 1. The molecule has 168 valence electrons. The first-order valence-corrected chi connectivity index (χ1v) is 12.4. The number of carboxylic acid groups (broad SMARTS) is 1. The molecule has 1 saturated heterocycles. The zero-order valence-corrected chi connectivity index (χ0v) is 18.8. The van der Waals surface area contributed by atoms with Crippen molar-refractivity contribution in [2.24, 2.45) is 23.7 Å². The Balaban J connectivity index is 1.44. The van der Waals surface area contributed by atoms with Crippen molar-refractivity contribution in [3.05, 3.63) is 42.0 Å². The summed E-state index contributed by atoms with van der Waals surface area (Å²) in [6, 6.07) is 6.97. The van der Waals surface area contributed by atoms with Crippen molar-refractivity contribution in [1.82, 2.24) is 9.21 Å². The number of hydrogen-bond acceptors (Lipinski definition) is 4. The lowest BCUT2D eigenvalue weighted by Crippen LogP contribution is -2.55. The summed E-state index contributed by atoms with van der Waals surface area (Å²) in [4.78, 5) is 27.0. The number of rotatable bonds is 5. The van der Waals surface area contributed by atoms with Crippen LogP contribution in [0.15, 0.2) is 41.3 Å². The Morgan fingerprint density at radius 1 is 0.935 bits per heavy atom. The van der Waals surface area contributed by atoms with E-state index in [-0.39, 0.29) is 48.8 Å². The van der Waals surface area contributed by atoms with E-state index in [1.165, 1.54) is 4.31 Å². The maximum atomic E-state index is 13.2. The molecule has 4 aliphatic rings. The van der Waals surface area contributed by atoms with Crippen molar-refractivity contribution < 1.29 is 23.1 Å². The molecule has 0 radical (unpaired) electrons. The molecule has 1 aromatic rings. The molecule has 8 heteroatoms. The highest BCUT2D eigenvalue weighted by Gasteiger charge is 2.49. The van der Waals surface area contributed by atoms with Gasteiger partial charge in [-0.3, -0.25) is 9.59 Å². The van der Waals surface area contributed by atoms with Gasteiger partial charge in [0, 0.05) is 26.2 Å². The number of nitrogens with zero attached hydrogens (tertiary/aromatic N) is 2. The van der Waals surface area contributed by atoms with Crippen LogP contribution in [0, 0.1) is 23.7 Å². The highest BCUT2D eigenvalue weighted by Crippen LogP contribution is 2.45. The average molecular weight is 447 g/mol. The largest absolute Gasteiger partial charge is 0.481 e. The number of allylic oxidation sites excluding steroid dienone is 2. The Morgan fingerprint density at radius 2 is 1.48 bits per heavy atom. The molecule has 1 aliphatic heterocycles. The van der Waals surface area contributed by atoms with Crippen LogP contribution in [0.3, 0.4) is 0 Å². The molecule has 2 bridgehead atoms. The summed E-state index contributed by atoms with van der Waals surface area (Å²) in [5.74, 6) is -2.10. The molecule has 0 aromatic heterocycles. The molecular weight excluding hydrogens is 416 g/mol. The van der Waals surface area contributed by atoms with Gasteiger partial charge in [-0.25, -0.2) is 8.42 Å². The van der Waals surface area contributed by atoms with E-state index in [2.05, 4.69) is 13.8 Å². The molecule has 1 heterocycles. The molecule has 0 unspecified atom stereocenters. The minimum Gasteiger partial charge on any atom is -0.481 e. The predicted octanol–water partition coefficient (Wildman–Crippen LogP) is 2.56. The molecule has 1 N–H and O–H groups in total. The minimum atomic E-state index is -3.62. The van der Waals surface area contributed by atoms with Crippen LogP contribution in [0.25, 0.3) is 0 Å². The van der Waals surface area contributed by atoms with Gasteiger partial charge in [0.1, 0.15) is 0 Å². The lowest BCUT2D eigenvalue weighted by atomic mass is 9.62. The van der Waals surface area contributed by atoms with Gasteiger partial charge in [-0.05, 0) is 48.3 Å². The summed E-state index contributed by atoms with van der Waals surface area (Å²) >= 11 is 0. The van der Waals surface area contributed by atoms with Gasteiger partial charge in [0.05, 0.1) is 16.7 Å². The van der Waals surface area contributed by atoms with Crippen molar-refractivity contribution in [3.8, 4) is 0 Å². The smallest absolute Gasteiger partial charge is 0.307 e. The Bertz CT molecular complexity index is 978. The SMILES string of the molecule is CC(C)c1ccc(S(=O)(=O)N2CCN(C(=O)[C@H]3[C@H](C(=O)O)[C@H]4C=C[C@H]3CC4)CC2)cc1. The van der Waals surface area contributed by atoms with E-state index in [0.717, 1.165) is 18.4 Å². The first-order chi connectivity index (χ1) is 14.7. The van der Waals surface area contributed by atoms with Crippen LogP contribution in [0.2, 0.25) is 0 Å². The second-order valence-corrected chi connectivity index (χ2v) is 11.1. The predicted molar refractivity (Wildman–Crippen MR) is 116 cm³/mol. The summed E-state index contributed by atoms with van der Waals surface area (Å²) in [5, 5.41) is 9.71. The van der Waals surface area contributed by atoms with Crippen molar-refractivity contribution in [1.29, 1.82) is 0 Å². The average Bonchev–Trinajstić information content (AvgIpc) is 2.78. The van der Waals surface area contributed by atoms with E-state index in [0.29, 0.717) is 5.92 Å². The van der Waals surface area contributed by atoms with E-state index in [4.69, 9.17) is 0 Å². The summed E-state index contributed by atoms with van der Waals surface area (Å²) in [7, 11) is -3.62. The number of carbonyl (C=O) groups is 2. The fourth-order valence-electron chi connectivity index (χ4n) is 5.20. The fraction of sp³-hybridized carbons (Fsp3) is 0.565. The topological polar surface area (TPSA) is 95.0 Å². The van der Waals surface area contributed by atoms with Gasteiger partial charge in [-0.1, -0.05) is 38.1 Å². The number of amides is 1. The standard InChI is InChI=1S/C23H30N2O5S/c1-15(2)16-7-9-19(10-8-16)31(29,30)25-13-11-24(12-14-25)22(26)20-17-3-5-18(6-4-17)21(20)23(27)28/h3,5,7-10,15,17-18,20-21H,4,6,11-14H2,1-2H3,(H,27,28)/t17-,18-,20+,21+/m0/s1. The van der Waals surface area contributed by atoms with Gasteiger partial charge < -0.3 is 10.0 Å². The first kappa shape index (κ1) is 22.0. The highest BCUT2D eigenvalue weighted by molar-refractivity contribution is 7.89. The summed E-state index contributed by atoms with van der Waals surface area (Å²) < 4.78 is 27.5. The van der Waals surface area contributed by atoms with E-state index in [1.54, 1.807) is 17.0 Å². The maximum absolute atomic E-state index is 13.2. The van der Waals surface area contributed by atoms with E-state index in [9.17, 15) is 23.1 Å². The van der Waals surface area contributed by atoms with Crippen LogP contribution in [-0.4, -0.2) is 60.8 Å². The van der Waals surface area contributed by atoms with E-state index < -0.39 is 27.8 Å².